The van der Waals surface area contributed by atoms with E-state index in [0.717, 1.165) is 17.6 Å². The van der Waals surface area contributed by atoms with Gasteiger partial charge in [0, 0.05) is 12.6 Å². The molecule has 0 saturated heterocycles. The van der Waals surface area contributed by atoms with Gasteiger partial charge in [0.25, 0.3) is 0 Å². The van der Waals surface area contributed by atoms with Crippen LogP contribution in [0.2, 0.25) is 0 Å². The van der Waals surface area contributed by atoms with Gasteiger partial charge in [0.05, 0.1) is 15.5 Å². The van der Waals surface area contributed by atoms with Crippen LogP contribution >= 0.6 is 15.9 Å². The molecule has 0 amide bonds. The Morgan fingerprint density at radius 2 is 2.22 bits per heavy atom. The maximum atomic E-state index is 13.6. The average Bonchev–Trinajstić information content (AvgIpc) is 2.76. The Labute approximate surface area is 113 Å². The van der Waals surface area contributed by atoms with Gasteiger partial charge in [0.2, 0.25) is 5.95 Å². The van der Waals surface area contributed by atoms with Crippen molar-refractivity contribution < 1.29 is 4.39 Å². The maximum absolute atomic E-state index is 13.6. The smallest absolute Gasteiger partial charge is 0.201 e. The molecule has 1 aromatic carbocycles. The molecule has 0 radical (unpaired) electrons. The lowest BCUT2D eigenvalue weighted by molar-refractivity contribution is 0.507. The Morgan fingerprint density at radius 1 is 1.56 bits per heavy atom. The molecule has 1 aromatic heterocycles. The minimum atomic E-state index is -0.279. The number of halogens is 2. The number of hydrogen-bond donors (Lipinski definition) is 1. The molecule has 2 aromatic rings. The Kier molecular flexibility index (Phi) is 2.46. The summed E-state index contributed by atoms with van der Waals surface area (Å²) in [5.41, 5.74) is 7.81. The van der Waals surface area contributed by atoms with Crippen LogP contribution < -0.4 is 5.73 Å². The fourth-order valence-electron chi connectivity index (χ4n) is 2.44. The minimum Gasteiger partial charge on any atom is -0.369 e. The molecule has 1 heterocycles. The first-order valence-electron chi connectivity index (χ1n) is 5.99. The fraction of sp³-hybridized carbons (Fsp3) is 0.462. The molecule has 1 aliphatic rings. The Morgan fingerprint density at radius 3 is 2.83 bits per heavy atom. The number of benzene rings is 1. The molecule has 5 heteroatoms. The van der Waals surface area contributed by atoms with Crippen LogP contribution in [0.15, 0.2) is 16.6 Å². The SMILES string of the molecule is CC1(C)CC1Cn1c(N)nc2cc(Br)c(F)cc21. The van der Waals surface area contributed by atoms with E-state index in [1.807, 2.05) is 4.57 Å². The zero-order chi connectivity index (χ0) is 13.1. The van der Waals surface area contributed by atoms with Crippen LogP contribution in [0.1, 0.15) is 20.3 Å². The van der Waals surface area contributed by atoms with Crippen LogP contribution in [0.5, 0.6) is 0 Å². The third-order valence-electron chi connectivity index (χ3n) is 3.94. The first kappa shape index (κ1) is 12.0. The summed E-state index contributed by atoms with van der Waals surface area (Å²) < 4.78 is 16.0. The number of nitrogen functional groups attached to an aromatic ring is 1. The van der Waals surface area contributed by atoms with E-state index in [1.165, 1.54) is 12.5 Å². The van der Waals surface area contributed by atoms with E-state index in [4.69, 9.17) is 5.73 Å². The highest BCUT2D eigenvalue weighted by atomic mass is 79.9. The van der Waals surface area contributed by atoms with Gasteiger partial charge in [-0.15, -0.1) is 0 Å². The van der Waals surface area contributed by atoms with Crippen molar-refractivity contribution in [1.29, 1.82) is 0 Å². The van der Waals surface area contributed by atoms with Crippen molar-refractivity contribution >= 4 is 32.9 Å². The van der Waals surface area contributed by atoms with Crippen LogP contribution in [0, 0.1) is 17.2 Å². The third kappa shape index (κ3) is 1.81. The van der Waals surface area contributed by atoms with Gasteiger partial charge < -0.3 is 10.3 Å². The molecular weight excluding hydrogens is 297 g/mol. The molecule has 1 unspecified atom stereocenters. The molecule has 0 aliphatic heterocycles. The van der Waals surface area contributed by atoms with Crippen LogP contribution in [-0.2, 0) is 6.54 Å². The fourth-order valence-corrected chi connectivity index (χ4v) is 2.77. The van der Waals surface area contributed by atoms with Crippen molar-refractivity contribution in [3.8, 4) is 0 Å². The van der Waals surface area contributed by atoms with Crippen molar-refractivity contribution in [3.63, 3.8) is 0 Å². The van der Waals surface area contributed by atoms with E-state index in [0.29, 0.717) is 21.8 Å². The summed E-state index contributed by atoms with van der Waals surface area (Å²) in [7, 11) is 0. The number of anilines is 1. The van der Waals surface area contributed by atoms with E-state index < -0.39 is 0 Å². The van der Waals surface area contributed by atoms with E-state index in [-0.39, 0.29) is 5.82 Å². The summed E-state index contributed by atoms with van der Waals surface area (Å²) in [6.45, 7) is 5.30. The van der Waals surface area contributed by atoms with Crippen molar-refractivity contribution in [2.75, 3.05) is 5.73 Å². The second kappa shape index (κ2) is 3.70. The van der Waals surface area contributed by atoms with Gasteiger partial charge >= 0.3 is 0 Å². The van der Waals surface area contributed by atoms with E-state index >= 15 is 0 Å². The first-order valence-corrected chi connectivity index (χ1v) is 6.78. The number of nitrogens with two attached hydrogens (primary N) is 1. The Balaban J connectivity index is 2.05. The Hall–Kier alpha value is -1.10. The molecule has 1 aliphatic carbocycles. The van der Waals surface area contributed by atoms with Crippen LogP contribution in [0.25, 0.3) is 11.0 Å². The van der Waals surface area contributed by atoms with E-state index in [1.54, 1.807) is 6.07 Å². The molecule has 96 valence electrons. The number of nitrogens with zero attached hydrogens (tertiary/aromatic N) is 2. The third-order valence-corrected chi connectivity index (χ3v) is 4.55. The van der Waals surface area contributed by atoms with Crippen LogP contribution in [0.4, 0.5) is 10.3 Å². The minimum absolute atomic E-state index is 0.279. The van der Waals surface area contributed by atoms with Gasteiger partial charge in [-0.25, -0.2) is 9.37 Å². The van der Waals surface area contributed by atoms with Crippen LogP contribution in [0.3, 0.4) is 0 Å². The lowest BCUT2D eigenvalue weighted by Gasteiger charge is -2.08. The molecule has 3 nitrogen and oxygen atoms in total. The summed E-state index contributed by atoms with van der Waals surface area (Å²) in [6, 6.07) is 3.17. The Bertz CT molecular complexity index is 633. The lowest BCUT2D eigenvalue weighted by atomic mass is 10.1. The monoisotopic (exact) mass is 311 g/mol. The number of aromatic nitrogens is 2. The highest BCUT2D eigenvalue weighted by Crippen LogP contribution is 2.52. The topological polar surface area (TPSA) is 43.8 Å². The van der Waals surface area contributed by atoms with Crippen LogP contribution in [-0.4, -0.2) is 9.55 Å². The zero-order valence-electron chi connectivity index (χ0n) is 10.4. The highest BCUT2D eigenvalue weighted by molar-refractivity contribution is 9.10. The molecule has 2 N–H and O–H groups in total. The second-order valence-corrected chi connectivity index (χ2v) is 6.58. The molecular formula is C13H15BrFN3. The van der Waals surface area contributed by atoms with E-state index in [2.05, 4.69) is 34.8 Å². The normalized spacial score (nSPS) is 21.4. The van der Waals surface area contributed by atoms with Gasteiger partial charge in [0.15, 0.2) is 0 Å². The summed E-state index contributed by atoms with van der Waals surface area (Å²) in [5.74, 6) is 0.785. The van der Waals surface area contributed by atoms with Crippen molar-refractivity contribution in [2.45, 2.75) is 26.8 Å². The zero-order valence-corrected chi connectivity index (χ0v) is 12.0. The summed E-state index contributed by atoms with van der Waals surface area (Å²) in [4.78, 5) is 4.29. The van der Waals surface area contributed by atoms with Crippen molar-refractivity contribution in [3.05, 3.63) is 22.4 Å². The predicted octanol–water partition coefficient (Wildman–Crippen LogP) is 3.57. The molecule has 1 fully saturated rings. The van der Waals surface area contributed by atoms with Gasteiger partial charge in [-0.2, -0.15) is 0 Å². The number of imidazole rings is 1. The maximum Gasteiger partial charge on any atom is 0.201 e. The lowest BCUT2D eigenvalue weighted by Crippen LogP contribution is -2.07. The molecule has 1 atom stereocenters. The molecule has 3 rings (SSSR count). The highest BCUT2D eigenvalue weighted by Gasteiger charge is 2.45. The second-order valence-electron chi connectivity index (χ2n) is 5.73. The molecule has 0 spiro atoms. The summed E-state index contributed by atoms with van der Waals surface area (Å²) in [5, 5.41) is 0. The van der Waals surface area contributed by atoms with Gasteiger partial charge in [0.1, 0.15) is 5.82 Å². The summed E-state index contributed by atoms with van der Waals surface area (Å²) >= 11 is 3.17. The first-order chi connectivity index (χ1) is 8.38. The quantitative estimate of drug-likeness (QED) is 0.921. The molecule has 1 saturated carbocycles. The van der Waals surface area contributed by atoms with Crippen molar-refractivity contribution in [2.24, 2.45) is 11.3 Å². The number of fused-ring (bicyclic) bond motifs is 1. The summed E-state index contributed by atoms with van der Waals surface area (Å²) in [6.07, 6.45) is 1.19. The molecule has 0 bridgehead atoms. The van der Waals surface area contributed by atoms with E-state index in [9.17, 15) is 4.39 Å². The van der Waals surface area contributed by atoms with Gasteiger partial charge in [-0.3, -0.25) is 0 Å². The van der Waals surface area contributed by atoms with Gasteiger partial charge in [-0.05, 0) is 39.8 Å². The largest absolute Gasteiger partial charge is 0.369 e. The standard InChI is InChI=1S/C13H15BrFN3/c1-13(2)5-7(13)6-18-11-4-9(15)8(14)3-10(11)17-12(18)16/h3-4,7H,5-6H2,1-2H3,(H2,16,17). The number of hydrogen-bond acceptors (Lipinski definition) is 2. The average molecular weight is 312 g/mol. The predicted molar refractivity (Wildman–Crippen MR) is 73.7 cm³/mol. The van der Waals surface area contributed by atoms with Gasteiger partial charge in [-0.1, -0.05) is 13.8 Å². The van der Waals surface area contributed by atoms with Crippen molar-refractivity contribution in [1.82, 2.24) is 9.55 Å². The molecule has 18 heavy (non-hydrogen) atoms. The number of rotatable bonds is 2.